The third kappa shape index (κ3) is 4.86. The highest BCUT2D eigenvalue weighted by Crippen LogP contribution is 2.21. The zero-order valence-electron chi connectivity index (χ0n) is 16.9. The van der Waals surface area contributed by atoms with Crippen molar-refractivity contribution in [1.82, 2.24) is 0 Å². The minimum Gasteiger partial charge on any atom is -0.463 e. The van der Waals surface area contributed by atoms with Gasteiger partial charge in [0.15, 0.2) is 0 Å². The molecule has 5 heteroatoms. The van der Waals surface area contributed by atoms with Crippen LogP contribution in [-0.4, -0.2) is 30.5 Å². The van der Waals surface area contributed by atoms with E-state index < -0.39 is 30.5 Å². The van der Waals surface area contributed by atoms with Gasteiger partial charge in [-0.3, -0.25) is 9.59 Å². The fourth-order valence-electron chi connectivity index (χ4n) is 2.81. The third-order valence-electron chi connectivity index (χ3n) is 3.82. The molecule has 0 heterocycles. The summed E-state index contributed by atoms with van der Waals surface area (Å²) >= 11 is 0. The van der Waals surface area contributed by atoms with Crippen LogP contribution >= 0.6 is 0 Å². The molecule has 27 heavy (non-hydrogen) atoms. The molecule has 0 saturated carbocycles. The Hall–Kier alpha value is -2.40. The van der Waals surface area contributed by atoms with Crippen molar-refractivity contribution in [2.75, 3.05) is 0 Å². The van der Waals surface area contributed by atoms with Crippen molar-refractivity contribution in [3.8, 4) is 0 Å². The number of rotatable bonds is 4. The molecule has 0 N–H and O–H groups in total. The molecule has 0 saturated heterocycles. The molecule has 0 unspecified atom stereocenters. The molecular weight excluding hydrogens is 356 g/mol. The van der Waals surface area contributed by atoms with Gasteiger partial charge in [-0.15, -0.1) is 0 Å². The summed E-state index contributed by atoms with van der Waals surface area (Å²) in [7, 11) is -3.70. The highest BCUT2D eigenvalue weighted by molar-refractivity contribution is 7.37. The van der Waals surface area contributed by atoms with E-state index >= 15 is 0 Å². The second-order valence-corrected chi connectivity index (χ2v) is 12.0. The molecule has 0 spiro atoms. The first kappa shape index (κ1) is 20.9. The highest BCUT2D eigenvalue weighted by atomic mass is 28.3. The quantitative estimate of drug-likeness (QED) is 0.738. The standard InChI is InChI=1S/C22H28O4Si/c1-21(2,3)25-19(23)27(17-13-9-7-10-14-17,18-15-11-8-12-16-18)20(24)26-22(4,5)6/h7-16H,1-6H3. The summed E-state index contributed by atoms with van der Waals surface area (Å²) in [5.74, 6) is 0. The molecule has 0 aromatic heterocycles. The second kappa shape index (κ2) is 7.68. The van der Waals surface area contributed by atoms with Gasteiger partial charge in [0.05, 0.1) is 0 Å². The van der Waals surface area contributed by atoms with E-state index in [9.17, 15) is 9.59 Å². The van der Waals surface area contributed by atoms with E-state index in [1.807, 2.05) is 60.7 Å². The topological polar surface area (TPSA) is 52.6 Å². The Labute approximate surface area is 162 Å². The van der Waals surface area contributed by atoms with Crippen molar-refractivity contribution in [1.29, 1.82) is 0 Å². The molecule has 0 bridgehead atoms. The first-order valence-electron chi connectivity index (χ1n) is 9.05. The Balaban J connectivity index is 2.77. The molecule has 2 aromatic rings. The Morgan fingerprint density at radius 3 is 1.19 bits per heavy atom. The van der Waals surface area contributed by atoms with E-state index in [0.29, 0.717) is 10.4 Å². The average molecular weight is 385 g/mol. The number of hydrogen-bond acceptors (Lipinski definition) is 4. The second-order valence-electron chi connectivity index (χ2n) is 8.49. The van der Waals surface area contributed by atoms with Gasteiger partial charge in [-0.25, -0.2) is 0 Å². The molecule has 0 aliphatic rings. The molecule has 2 rings (SSSR count). The van der Waals surface area contributed by atoms with Crippen molar-refractivity contribution in [2.45, 2.75) is 52.7 Å². The first-order chi connectivity index (χ1) is 12.5. The molecular formula is C22H28O4Si. The van der Waals surface area contributed by atoms with Gasteiger partial charge in [0.25, 0.3) is 11.2 Å². The van der Waals surface area contributed by atoms with Crippen molar-refractivity contribution in [3.05, 3.63) is 60.7 Å². The number of carbonyl (C=O) groups is 2. The molecule has 0 aliphatic carbocycles. The van der Waals surface area contributed by atoms with E-state index in [4.69, 9.17) is 9.47 Å². The average Bonchev–Trinajstić information content (AvgIpc) is 2.54. The van der Waals surface area contributed by atoms with Crippen molar-refractivity contribution in [2.24, 2.45) is 0 Å². The van der Waals surface area contributed by atoms with E-state index in [1.54, 1.807) is 41.5 Å². The van der Waals surface area contributed by atoms with Gasteiger partial charge >= 0.3 is 8.07 Å². The Bertz CT molecular complexity index is 717. The number of ether oxygens (including phenoxy) is 2. The minimum atomic E-state index is -3.70. The summed E-state index contributed by atoms with van der Waals surface area (Å²) in [5.41, 5.74) is -2.47. The predicted octanol–water partition coefficient (Wildman–Crippen LogP) is 4.28. The smallest absolute Gasteiger partial charge is 0.370 e. The molecule has 0 radical (unpaired) electrons. The Kier molecular flexibility index (Phi) is 5.95. The van der Waals surface area contributed by atoms with Gasteiger partial charge in [0.1, 0.15) is 11.2 Å². The fourth-order valence-corrected chi connectivity index (χ4v) is 6.55. The van der Waals surface area contributed by atoms with Crippen molar-refractivity contribution >= 4 is 29.6 Å². The monoisotopic (exact) mass is 384 g/mol. The fraction of sp³-hybridized carbons (Fsp3) is 0.364. The van der Waals surface area contributed by atoms with Crippen LogP contribution in [0.1, 0.15) is 41.5 Å². The van der Waals surface area contributed by atoms with Gasteiger partial charge in [0, 0.05) is 0 Å². The van der Waals surface area contributed by atoms with Gasteiger partial charge in [-0.2, -0.15) is 0 Å². The molecule has 0 amide bonds. The summed E-state index contributed by atoms with van der Waals surface area (Å²) in [5, 5.41) is 1.31. The molecule has 0 atom stereocenters. The summed E-state index contributed by atoms with van der Waals surface area (Å²) in [4.78, 5) is 27.1. The van der Waals surface area contributed by atoms with Gasteiger partial charge in [-0.1, -0.05) is 60.7 Å². The van der Waals surface area contributed by atoms with Gasteiger partial charge in [0.2, 0.25) is 0 Å². The van der Waals surface area contributed by atoms with Crippen molar-refractivity contribution in [3.63, 3.8) is 0 Å². The lowest BCUT2D eigenvalue weighted by Crippen LogP contribution is -2.71. The van der Waals surface area contributed by atoms with Gasteiger partial charge < -0.3 is 9.47 Å². The predicted molar refractivity (Wildman–Crippen MR) is 110 cm³/mol. The molecule has 0 aliphatic heterocycles. The van der Waals surface area contributed by atoms with Crippen LogP contribution in [0.5, 0.6) is 0 Å². The van der Waals surface area contributed by atoms with E-state index in [-0.39, 0.29) is 0 Å². The maximum Gasteiger partial charge on any atom is 0.370 e. The van der Waals surface area contributed by atoms with Crippen LogP contribution < -0.4 is 10.4 Å². The molecule has 144 valence electrons. The highest BCUT2D eigenvalue weighted by Gasteiger charge is 2.58. The number of benzene rings is 2. The summed E-state index contributed by atoms with van der Waals surface area (Å²) in [6.07, 6.45) is 0. The molecule has 0 fully saturated rings. The summed E-state index contributed by atoms with van der Waals surface area (Å²) in [6, 6.07) is 18.3. The summed E-state index contributed by atoms with van der Waals surface area (Å²) in [6.45, 7) is 10.8. The molecule has 2 aromatic carbocycles. The third-order valence-corrected chi connectivity index (χ3v) is 7.65. The van der Waals surface area contributed by atoms with Gasteiger partial charge in [-0.05, 0) is 51.9 Å². The minimum absolute atomic E-state index is 0.512. The number of hydrogen-bond donors (Lipinski definition) is 0. The maximum absolute atomic E-state index is 13.5. The van der Waals surface area contributed by atoms with E-state index in [0.717, 1.165) is 0 Å². The largest absolute Gasteiger partial charge is 0.463 e. The van der Waals surface area contributed by atoms with Crippen molar-refractivity contribution < 1.29 is 19.1 Å². The lowest BCUT2D eigenvalue weighted by Gasteiger charge is -2.33. The Morgan fingerprint density at radius 2 is 0.926 bits per heavy atom. The van der Waals surface area contributed by atoms with Crippen LogP contribution in [0, 0.1) is 0 Å². The number of carbonyl (C=O) groups excluding carboxylic acids is 2. The maximum atomic E-state index is 13.5. The van der Waals surface area contributed by atoms with Crippen LogP contribution in [-0.2, 0) is 9.47 Å². The Morgan fingerprint density at radius 1 is 0.630 bits per heavy atom. The first-order valence-corrected chi connectivity index (χ1v) is 11.0. The lowest BCUT2D eigenvalue weighted by molar-refractivity contribution is 0.0639. The lowest BCUT2D eigenvalue weighted by atomic mass is 10.2. The van der Waals surface area contributed by atoms with Crippen LogP contribution in [0.3, 0.4) is 0 Å². The van der Waals surface area contributed by atoms with E-state index in [1.165, 1.54) is 0 Å². The zero-order chi connectivity index (χ0) is 20.3. The summed E-state index contributed by atoms with van der Waals surface area (Å²) < 4.78 is 11.5. The zero-order valence-corrected chi connectivity index (χ0v) is 17.9. The molecule has 4 nitrogen and oxygen atoms in total. The SMILES string of the molecule is CC(C)(C)OC(=O)[Si](C(=O)OC(C)(C)C)(c1ccccc1)c1ccccc1. The van der Waals surface area contributed by atoms with Crippen LogP contribution in [0.2, 0.25) is 0 Å². The van der Waals surface area contributed by atoms with Crippen LogP contribution in [0.25, 0.3) is 0 Å². The normalized spacial score (nSPS) is 12.4. The van der Waals surface area contributed by atoms with E-state index in [2.05, 4.69) is 0 Å². The van der Waals surface area contributed by atoms with Crippen LogP contribution in [0.15, 0.2) is 60.7 Å². The van der Waals surface area contributed by atoms with Crippen LogP contribution in [0.4, 0.5) is 9.59 Å².